The molecule has 102 valence electrons. The number of hydrogen-bond donors (Lipinski definition) is 0. The minimum absolute atomic E-state index is 0.430. The molecule has 0 saturated heterocycles. The molecule has 6 heteroatoms. The Hall–Kier alpha value is -2.14. The van der Waals surface area contributed by atoms with Crippen molar-refractivity contribution >= 4 is 22.8 Å². The van der Waals surface area contributed by atoms with Crippen LogP contribution >= 0.6 is 11.6 Å². The van der Waals surface area contributed by atoms with Crippen molar-refractivity contribution in [3.63, 3.8) is 0 Å². The predicted octanol–water partition coefficient (Wildman–Crippen LogP) is 3.43. The number of ether oxygens (including phenoxy) is 1. The van der Waals surface area contributed by atoms with Crippen LogP contribution in [0.3, 0.4) is 0 Å². The van der Waals surface area contributed by atoms with Crippen molar-refractivity contribution in [2.24, 2.45) is 7.05 Å². The number of rotatable bonds is 2. The van der Waals surface area contributed by atoms with Gasteiger partial charge in [0.05, 0.1) is 17.5 Å². The molecule has 0 aromatic carbocycles. The highest BCUT2D eigenvalue weighted by Crippen LogP contribution is 2.29. The number of aryl methyl sites for hydroxylation is 3. The van der Waals surface area contributed by atoms with E-state index in [9.17, 15) is 0 Å². The topological polar surface area (TPSA) is 52.8 Å². The molecule has 3 heterocycles. The molecule has 0 bridgehead atoms. The first kappa shape index (κ1) is 12.9. The van der Waals surface area contributed by atoms with Crippen LogP contribution in [0.25, 0.3) is 11.2 Å². The third-order valence-corrected chi connectivity index (χ3v) is 3.30. The second-order valence-corrected chi connectivity index (χ2v) is 5.07. The SMILES string of the molecule is Cc1cc(C)c(Oc2cc(Cl)c3ncn(C)c3n2)cn1. The van der Waals surface area contributed by atoms with Crippen molar-refractivity contribution in [1.29, 1.82) is 0 Å². The quantitative estimate of drug-likeness (QED) is 0.725. The predicted molar refractivity (Wildman–Crippen MR) is 77.3 cm³/mol. The van der Waals surface area contributed by atoms with Gasteiger partial charge in [-0.1, -0.05) is 11.6 Å². The van der Waals surface area contributed by atoms with E-state index in [1.807, 2.05) is 27.0 Å². The van der Waals surface area contributed by atoms with Gasteiger partial charge in [0.1, 0.15) is 5.52 Å². The minimum Gasteiger partial charge on any atom is -0.437 e. The van der Waals surface area contributed by atoms with E-state index in [2.05, 4.69) is 15.0 Å². The molecule has 0 aliphatic carbocycles. The first-order valence-electron chi connectivity index (χ1n) is 6.13. The third-order valence-electron chi connectivity index (χ3n) is 3.01. The smallest absolute Gasteiger partial charge is 0.222 e. The standard InChI is InChI=1S/C14H13ClN4O/c1-8-4-9(2)16-6-11(8)20-12-5-10(15)13-14(18-12)19(3)7-17-13/h4-7H,1-3H3. The van der Waals surface area contributed by atoms with Crippen LogP contribution in [0.5, 0.6) is 11.6 Å². The highest BCUT2D eigenvalue weighted by atomic mass is 35.5. The van der Waals surface area contributed by atoms with Gasteiger partial charge < -0.3 is 9.30 Å². The van der Waals surface area contributed by atoms with E-state index in [-0.39, 0.29) is 0 Å². The van der Waals surface area contributed by atoms with E-state index in [0.29, 0.717) is 27.8 Å². The van der Waals surface area contributed by atoms with Crippen LogP contribution in [-0.4, -0.2) is 19.5 Å². The summed E-state index contributed by atoms with van der Waals surface area (Å²) in [5.74, 6) is 1.10. The number of pyridine rings is 2. The minimum atomic E-state index is 0.430. The average Bonchev–Trinajstić information content (AvgIpc) is 2.76. The summed E-state index contributed by atoms with van der Waals surface area (Å²) >= 11 is 6.20. The second-order valence-electron chi connectivity index (χ2n) is 4.66. The lowest BCUT2D eigenvalue weighted by molar-refractivity contribution is 0.458. The van der Waals surface area contributed by atoms with Gasteiger partial charge in [0, 0.05) is 18.8 Å². The van der Waals surface area contributed by atoms with Gasteiger partial charge in [0.15, 0.2) is 11.4 Å². The molecule has 3 aromatic heterocycles. The molecule has 0 amide bonds. The van der Waals surface area contributed by atoms with Crippen LogP contribution in [-0.2, 0) is 7.05 Å². The molecule has 0 unspecified atom stereocenters. The highest BCUT2D eigenvalue weighted by molar-refractivity contribution is 6.34. The van der Waals surface area contributed by atoms with Gasteiger partial charge in [-0.15, -0.1) is 0 Å². The van der Waals surface area contributed by atoms with Crippen molar-refractivity contribution in [3.8, 4) is 11.6 Å². The van der Waals surface area contributed by atoms with E-state index >= 15 is 0 Å². The Kier molecular flexibility index (Phi) is 3.06. The Morgan fingerprint density at radius 2 is 2.00 bits per heavy atom. The molecule has 0 N–H and O–H groups in total. The third kappa shape index (κ3) is 2.20. The summed E-state index contributed by atoms with van der Waals surface area (Å²) in [7, 11) is 1.86. The molecule has 0 saturated carbocycles. The molecular weight excluding hydrogens is 276 g/mol. The molecule has 0 atom stereocenters. The number of hydrogen-bond acceptors (Lipinski definition) is 4. The molecule has 0 aliphatic rings. The first-order chi connectivity index (χ1) is 9.54. The lowest BCUT2D eigenvalue weighted by atomic mass is 10.2. The van der Waals surface area contributed by atoms with Gasteiger partial charge in [0.25, 0.3) is 0 Å². The fourth-order valence-corrected chi connectivity index (χ4v) is 2.22. The molecule has 0 aliphatic heterocycles. The molecule has 3 aromatic rings. The molecule has 0 spiro atoms. The van der Waals surface area contributed by atoms with Crippen LogP contribution in [0, 0.1) is 13.8 Å². The molecular formula is C14H13ClN4O. The second kappa shape index (κ2) is 4.76. The average molecular weight is 289 g/mol. The zero-order chi connectivity index (χ0) is 14.3. The number of aromatic nitrogens is 4. The van der Waals surface area contributed by atoms with Gasteiger partial charge in [-0.05, 0) is 25.5 Å². The van der Waals surface area contributed by atoms with E-state index in [0.717, 1.165) is 11.3 Å². The Labute approximate surface area is 121 Å². The summed E-state index contributed by atoms with van der Waals surface area (Å²) in [4.78, 5) is 12.8. The summed E-state index contributed by atoms with van der Waals surface area (Å²) < 4.78 is 7.58. The zero-order valence-corrected chi connectivity index (χ0v) is 12.1. The molecule has 3 rings (SSSR count). The zero-order valence-electron chi connectivity index (χ0n) is 11.4. The molecule has 20 heavy (non-hydrogen) atoms. The van der Waals surface area contributed by atoms with Gasteiger partial charge in [0.2, 0.25) is 5.88 Å². The number of nitrogens with zero attached hydrogens (tertiary/aromatic N) is 4. The van der Waals surface area contributed by atoms with E-state index in [1.165, 1.54) is 0 Å². The maximum Gasteiger partial charge on any atom is 0.222 e. The Morgan fingerprint density at radius 3 is 2.75 bits per heavy atom. The fourth-order valence-electron chi connectivity index (χ4n) is 1.99. The summed E-state index contributed by atoms with van der Waals surface area (Å²) in [6, 6.07) is 3.62. The van der Waals surface area contributed by atoms with Crippen molar-refractivity contribution < 1.29 is 4.74 Å². The Bertz CT molecular complexity index is 797. The summed E-state index contributed by atoms with van der Waals surface area (Å²) in [5.41, 5.74) is 3.30. The summed E-state index contributed by atoms with van der Waals surface area (Å²) in [6.07, 6.45) is 3.36. The van der Waals surface area contributed by atoms with Crippen molar-refractivity contribution in [3.05, 3.63) is 40.9 Å². The van der Waals surface area contributed by atoms with Gasteiger partial charge in [-0.2, -0.15) is 4.98 Å². The lowest BCUT2D eigenvalue weighted by Gasteiger charge is -2.08. The van der Waals surface area contributed by atoms with Gasteiger partial charge in [-0.25, -0.2) is 4.98 Å². The number of halogens is 1. The van der Waals surface area contributed by atoms with Gasteiger partial charge in [-0.3, -0.25) is 4.98 Å². The van der Waals surface area contributed by atoms with Gasteiger partial charge >= 0.3 is 0 Å². The summed E-state index contributed by atoms with van der Waals surface area (Å²) in [5, 5.41) is 0.517. The number of fused-ring (bicyclic) bond motifs is 1. The van der Waals surface area contributed by atoms with Crippen LogP contribution in [0.2, 0.25) is 5.02 Å². The normalized spacial score (nSPS) is 11.0. The molecule has 0 radical (unpaired) electrons. The Morgan fingerprint density at radius 1 is 1.20 bits per heavy atom. The fraction of sp³-hybridized carbons (Fsp3) is 0.214. The largest absolute Gasteiger partial charge is 0.437 e. The summed E-state index contributed by atoms with van der Waals surface area (Å²) in [6.45, 7) is 3.90. The lowest BCUT2D eigenvalue weighted by Crippen LogP contribution is -1.95. The monoisotopic (exact) mass is 288 g/mol. The van der Waals surface area contributed by atoms with Crippen LogP contribution in [0.4, 0.5) is 0 Å². The van der Waals surface area contributed by atoms with E-state index in [1.54, 1.807) is 23.2 Å². The van der Waals surface area contributed by atoms with Crippen LogP contribution in [0.15, 0.2) is 24.7 Å². The first-order valence-corrected chi connectivity index (χ1v) is 6.51. The maximum absolute atomic E-state index is 6.20. The maximum atomic E-state index is 6.20. The van der Waals surface area contributed by atoms with Crippen LogP contribution in [0.1, 0.15) is 11.3 Å². The van der Waals surface area contributed by atoms with Crippen molar-refractivity contribution in [2.75, 3.05) is 0 Å². The van der Waals surface area contributed by atoms with E-state index in [4.69, 9.17) is 16.3 Å². The van der Waals surface area contributed by atoms with Crippen LogP contribution < -0.4 is 4.74 Å². The Balaban J connectivity index is 2.04. The number of imidazole rings is 1. The molecule has 5 nitrogen and oxygen atoms in total. The van der Waals surface area contributed by atoms with E-state index < -0.39 is 0 Å². The van der Waals surface area contributed by atoms with Crippen molar-refractivity contribution in [1.82, 2.24) is 19.5 Å². The molecule has 0 fully saturated rings. The van der Waals surface area contributed by atoms with Crippen molar-refractivity contribution in [2.45, 2.75) is 13.8 Å². The highest BCUT2D eigenvalue weighted by Gasteiger charge is 2.11.